The summed E-state index contributed by atoms with van der Waals surface area (Å²) in [6, 6.07) is 7.45. The number of carbonyl (C=O) groups excluding carboxylic acids is 1. The van der Waals surface area contributed by atoms with Crippen LogP contribution in [0.15, 0.2) is 47.4 Å². The van der Waals surface area contributed by atoms with E-state index in [1.165, 1.54) is 0 Å². The molecular formula is C19H22N4O3. The topological polar surface area (TPSA) is 63.7 Å². The number of hydrogen-bond donors (Lipinski definition) is 0. The molecule has 0 aliphatic carbocycles. The number of benzene rings is 1. The van der Waals surface area contributed by atoms with Gasteiger partial charge in [0.1, 0.15) is 0 Å². The monoisotopic (exact) mass is 354 g/mol. The standard InChI is InChI=1S/C19H22N4O3/c1-25-16-4-2-3-15-13-17(26-18(15)16)19(24)23-11-9-21(10-12-23)7-8-22-6-5-20-14-22/h2-6,13-14H,7-12H2,1H3. The number of nitrogens with zero attached hydrogens (tertiary/aromatic N) is 4. The molecule has 0 atom stereocenters. The van der Waals surface area contributed by atoms with Gasteiger partial charge in [0.2, 0.25) is 0 Å². The van der Waals surface area contributed by atoms with Crippen LogP contribution in [0, 0.1) is 0 Å². The Morgan fingerprint density at radius 1 is 1.23 bits per heavy atom. The van der Waals surface area contributed by atoms with Crippen molar-refractivity contribution in [2.75, 3.05) is 39.8 Å². The molecule has 0 unspecified atom stereocenters. The summed E-state index contributed by atoms with van der Waals surface area (Å²) in [5.74, 6) is 0.958. The van der Waals surface area contributed by atoms with Crippen molar-refractivity contribution in [3.05, 3.63) is 48.7 Å². The molecule has 4 rings (SSSR count). The van der Waals surface area contributed by atoms with E-state index in [0.717, 1.165) is 31.6 Å². The van der Waals surface area contributed by atoms with Crippen LogP contribution in [0.5, 0.6) is 5.75 Å². The lowest BCUT2D eigenvalue weighted by Gasteiger charge is -2.34. The molecule has 7 heteroatoms. The van der Waals surface area contributed by atoms with Crippen LogP contribution in [0.3, 0.4) is 0 Å². The second-order valence-electron chi connectivity index (χ2n) is 6.42. The Balaban J connectivity index is 1.37. The number of ether oxygens (including phenoxy) is 1. The third-order valence-electron chi connectivity index (χ3n) is 4.83. The number of piperazine rings is 1. The van der Waals surface area contributed by atoms with Gasteiger partial charge >= 0.3 is 0 Å². The molecule has 3 heterocycles. The fourth-order valence-corrected chi connectivity index (χ4v) is 3.31. The molecule has 0 radical (unpaired) electrons. The zero-order valence-corrected chi connectivity index (χ0v) is 14.8. The molecule has 1 aromatic carbocycles. The molecule has 0 spiro atoms. The zero-order chi connectivity index (χ0) is 17.9. The molecule has 0 bridgehead atoms. The van der Waals surface area contributed by atoms with Crippen molar-refractivity contribution in [2.24, 2.45) is 0 Å². The lowest BCUT2D eigenvalue weighted by Crippen LogP contribution is -2.49. The van der Waals surface area contributed by atoms with Crippen LogP contribution >= 0.6 is 0 Å². The Bertz CT molecular complexity index is 879. The van der Waals surface area contributed by atoms with E-state index in [-0.39, 0.29) is 5.91 Å². The van der Waals surface area contributed by atoms with Gasteiger partial charge in [0.15, 0.2) is 17.1 Å². The smallest absolute Gasteiger partial charge is 0.289 e. The molecule has 7 nitrogen and oxygen atoms in total. The number of carbonyl (C=O) groups is 1. The molecule has 1 aliphatic rings. The Kier molecular flexibility index (Phi) is 4.62. The van der Waals surface area contributed by atoms with Crippen LogP contribution in [0.25, 0.3) is 11.0 Å². The summed E-state index contributed by atoms with van der Waals surface area (Å²) in [4.78, 5) is 21.1. The second kappa shape index (κ2) is 7.21. The normalized spacial score (nSPS) is 15.5. The van der Waals surface area contributed by atoms with E-state index < -0.39 is 0 Å². The lowest BCUT2D eigenvalue weighted by molar-refractivity contribution is 0.0604. The summed E-state index contributed by atoms with van der Waals surface area (Å²) < 4.78 is 13.2. The summed E-state index contributed by atoms with van der Waals surface area (Å²) in [6.07, 6.45) is 5.59. The minimum Gasteiger partial charge on any atom is -0.493 e. The maximum absolute atomic E-state index is 12.8. The summed E-state index contributed by atoms with van der Waals surface area (Å²) in [6.45, 7) is 5.01. The van der Waals surface area contributed by atoms with Gasteiger partial charge in [-0.25, -0.2) is 4.98 Å². The zero-order valence-electron chi connectivity index (χ0n) is 14.8. The van der Waals surface area contributed by atoms with Crippen LogP contribution in [-0.4, -0.2) is 65.1 Å². The first-order valence-electron chi connectivity index (χ1n) is 8.78. The minimum atomic E-state index is -0.0579. The number of amides is 1. The highest BCUT2D eigenvalue weighted by Gasteiger charge is 2.25. The summed E-state index contributed by atoms with van der Waals surface area (Å²) in [5, 5.41) is 0.881. The molecule has 1 amide bonds. The fourth-order valence-electron chi connectivity index (χ4n) is 3.31. The summed E-state index contributed by atoms with van der Waals surface area (Å²) >= 11 is 0. The molecule has 0 saturated carbocycles. The highest BCUT2D eigenvalue weighted by Crippen LogP contribution is 2.29. The molecule has 0 N–H and O–H groups in total. The quantitative estimate of drug-likeness (QED) is 0.702. The van der Waals surface area contributed by atoms with Gasteiger partial charge in [-0.2, -0.15) is 0 Å². The van der Waals surface area contributed by atoms with Crippen molar-refractivity contribution in [1.29, 1.82) is 0 Å². The largest absolute Gasteiger partial charge is 0.493 e. The van der Waals surface area contributed by atoms with E-state index in [2.05, 4.69) is 14.5 Å². The van der Waals surface area contributed by atoms with E-state index in [4.69, 9.17) is 9.15 Å². The van der Waals surface area contributed by atoms with Gasteiger partial charge in [-0.1, -0.05) is 12.1 Å². The van der Waals surface area contributed by atoms with Crippen LogP contribution in [0.2, 0.25) is 0 Å². The van der Waals surface area contributed by atoms with Gasteiger partial charge in [-0.15, -0.1) is 0 Å². The van der Waals surface area contributed by atoms with Crippen molar-refractivity contribution in [3.63, 3.8) is 0 Å². The van der Waals surface area contributed by atoms with Gasteiger partial charge in [-0.05, 0) is 12.1 Å². The number of furan rings is 1. The predicted octanol–water partition coefficient (Wildman–Crippen LogP) is 2.10. The minimum absolute atomic E-state index is 0.0579. The third-order valence-corrected chi connectivity index (χ3v) is 4.83. The fraction of sp³-hybridized carbons (Fsp3) is 0.368. The van der Waals surface area contributed by atoms with Crippen LogP contribution < -0.4 is 4.74 Å². The average Bonchev–Trinajstić information content (AvgIpc) is 3.35. The Morgan fingerprint density at radius 3 is 2.81 bits per heavy atom. The number of aromatic nitrogens is 2. The van der Waals surface area contributed by atoms with E-state index in [1.807, 2.05) is 35.6 Å². The Morgan fingerprint density at radius 2 is 2.08 bits per heavy atom. The number of rotatable bonds is 5. The van der Waals surface area contributed by atoms with E-state index >= 15 is 0 Å². The van der Waals surface area contributed by atoms with Crippen molar-refractivity contribution in [2.45, 2.75) is 6.54 Å². The van der Waals surface area contributed by atoms with Gasteiger partial charge in [0.05, 0.1) is 13.4 Å². The van der Waals surface area contributed by atoms with Crippen molar-refractivity contribution in [1.82, 2.24) is 19.4 Å². The molecule has 1 aliphatic heterocycles. The van der Waals surface area contributed by atoms with Gasteiger partial charge in [0.25, 0.3) is 5.91 Å². The van der Waals surface area contributed by atoms with Gasteiger partial charge < -0.3 is 18.6 Å². The third kappa shape index (κ3) is 3.30. The molecule has 1 fully saturated rings. The van der Waals surface area contributed by atoms with E-state index in [9.17, 15) is 4.79 Å². The molecule has 136 valence electrons. The molecule has 1 saturated heterocycles. The summed E-state index contributed by atoms with van der Waals surface area (Å²) in [5.41, 5.74) is 0.623. The Labute approximate surface area is 151 Å². The first-order chi connectivity index (χ1) is 12.7. The molecule has 2 aromatic heterocycles. The van der Waals surface area contributed by atoms with Crippen LogP contribution in [0.4, 0.5) is 0 Å². The number of para-hydroxylation sites is 1. The SMILES string of the molecule is COc1cccc2cc(C(=O)N3CCN(CCn4ccnc4)CC3)oc12. The maximum atomic E-state index is 12.8. The molecule has 3 aromatic rings. The highest BCUT2D eigenvalue weighted by molar-refractivity contribution is 5.97. The molecule has 26 heavy (non-hydrogen) atoms. The average molecular weight is 354 g/mol. The van der Waals surface area contributed by atoms with E-state index in [1.54, 1.807) is 19.4 Å². The van der Waals surface area contributed by atoms with Crippen LogP contribution in [-0.2, 0) is 6.54 Å². The number of imidazole rings is 1. The first kappa shape index (κ1) is 16.7. The van der Waals surface area contributed by atoms with Crippen molar-refractivity contribution >= 4 is 16.9 Å². The predicted molar refractivity (Wildman–Crippen MR) is 97.3 cm³/mol. The maximum Gasteiger partial charge on any atom is 0.289 e. The Hall–Kier alpha value is -2.80. The van der Waals surface area contributed by atoms with Gasteiger partial charge in [0, 0.05) is 57.0 Å². The summed E-state index contributed by atoms with van der Waals surface area (Å²) in [7, 11) is 1.60. The molecular weight excluding hydrogens is 332 g/mol. The van der Waals surface area contributed by atoms with Crippen molar-refractivity contribution < 1.29 is 13.9 Å². The first-order valence-corrected chi connectivity index (χ1v) is 8.78. The van der Waals surface area contributed by atoms with E-state index in [0.29, 0.717) is 30.2 Å². The van der Waals surface area contributed by atoms with Crippen LogP contribution in [0.1, 0.15) is 10.6 Å². The van der Waals surface area contributed by atoms with Gasteiger partial charge in [-0.3, -0.25) is 9.69 Å². The lowest BCUT2D eigenvalue weighted by atomic mass is 10.2. The number of methoxy groups -OCH3 is 1. The number of hydrogen-bond acceptors (Lipinski definition) is 5. The second-order valence-corrected chi connectivity index (χ2v) is 6.42. The number of fused-ring (bicyclic) bond motifs is 1. The highest BCUT2D eigenvalue weighted by atomic mass is 16.5. The van der Waals surface area contributed by atoms with Crippen molar-refractivity contribution in [3.8, 4) is 5.75 Å².